The first-order chi connectivity index (χ1) is 15.7. The van der Waals surface area contributed by atoms with Crippen molar-refractivity contribution >= 4 is 23.5 Å². The van der Waals surface area contributed by atoms with Gasteiger partial charge in [-0.1, -0.05) is 56.3 Å². The lowest BCUT2D eigenvalue weighted by Crippen LogP contribution is -2.56. The van der Waals surface area contributed by atoms with Crippen LogP contribution in [0.25, 0.3) is 11.1 Å². The van der Waals surface area contributed by atoms with E-state index in [1.807, 2.05) is 63.2 Å². The number of hydrogen-bond acceptors (Lipinski definition) is 4. The molecular formula is C25H32N4O4. The molecule has 0 spiro atoms. The fourth-order valence-corrected chi connectivity index (χ4v) is 4.02. The third kappa shape index (κ3) is 5.51. The van der Waals surface area contributed by atoms with Gasteiger partial charge in [-0.05, 0) is 43.4 Å². The summed E-state index contributed by atoms with van der Waals surface area (Å²) in [6.07, 6.45) is 0.613. The number of nitrogens with zero attached hydrogens (tertiary/aromatic N) is 1. The molecule has 0 saturated carbocycles. The Kier molecular flexibility index (Phi) is 7.71. The predicted molar refractivity (Wildman–Crippen MR) is 127 cm³/mol. The minimum Gasteiger partial charge on any atom is -0.394 e. The maximum Gasteiger partial charge on any atom is 0.315 e. The van der Waals surface area contributed by atoms with Gasteiger partial charge in [0.05, 0.1) is 24.3 Å². The lowest BCUT2D eigenvalue weighted by molar-refractivity contribution is -0.127. The molecule has 4 N–H and O–H groups in total. The fraction of sp³-hybridized carbons (Fsp3) is 0.400. The molecule has 8 nitrogen and oxygen atoms in total. The molecule has 3 atom stereocenters. The highest BCUT2D eigenvalue weighted by Crippen LogP contribution is 2.39. The molecule has 1 aliphatic heterocycles. The van der Waals surface area contributed by atoms with Gasteiger partial charge < -0.3 is 15.7 Å². The first kappa shape index (κ1) is 24.3. The SMILES string of the molecule is CC(C)C[C@H](CO)NC(=O)N[C@@H](C)C(=O)NN1C(=O)C(C)c2ccccc2-c2ccccc21. The van der Waals surface area contributed by atoms with Crippen LogP contribution in [0.4, 0.5) is 10.5 Å². The molecule has 2 aromatic carbocycles. The van der Waals surface area contributed by atoms with Crippen molar-refractivity contribution in [1.82, 2.24) is 16.1 Å². The maximum atomic E-state index is 13.3. The number of carbonyl (C=O) groups excluding carboxylic acids is 3. The summed E-state index contributed by atoms with van der Waals surface area (Å²) in [6, 6.07) is 13.2. The van der Waals surface area contributed by atoms with Crippen LogP contribution in [-0.2, 0) is 9.59 Å². The number of benzene rings is 2. The molecule has 33 heavy (non-hydrogen) atoms. The molecule has 1 aliphatic rings. The number of aliphatic hydroxyl groups excluding tert-OH is 1. The standard InChI is InChI=1S/C25H32N4O4/c1-15(2)13-18(14-30)27-25(33)26-17(4)23(31)28-29-22-12-8-7-11-21(22)20-10-6-5-9-19(20)16(3)24(29)32/h5-12,15-18,30H,13-14H2,1-4H3,(H,28,31)(H2,26,27,33)/t16?,17-,18+/m0/s1. The van der Waals surface area contributed by atoms with Crippen molar-refractivity contribution in [3.63, 3.8) is 0 Å². The van der Waals surface area contributed by atoms with Crippen molar-refractivity contribution in [2.45, 2.75) is 52.1 Å². The Hall–Kier alpha value is -3.39. The molecule has 2 aromatic rings. The Bertz CT molecular complexity index is 1020. The number of para-hydroxylation sites is 1. The first-order valence-electron chi connectivity index (χ1n) is 11.2. The molecule has 3 rings (SSSR count). The zero-order valence-corrected chi connectivity index (χ0v) is 19.5. The summed E-state index contributed by atoms with van der Waals surface area (Å²) in [4.78, 5) is 38.6. The molecule has 1 heterocycles. The third-order valence-electron chi connectivity index (χ3n) is 5.73. The topological polar surface area (TPSA) is 111 Å². The molecular weight excluding hydrogens is 420 g/mol. The molecule has 0 saturated heterocycles. The van der Waals surface area contributed by atoms with Crippen LogP contribution in [0.15, 0.2) is 48.5 Å². The summed E-state index contributed by atoms with van der Waals surface area (Å²) in [7, 11) is 0. The van der Waals surface area contributed by atoms with Crippen LogP contribution in [0.3, 0.4) is 0 Å². The molecule has 0 aromatic heterocycles. The number of aliphatic hydroxyl groups is 1. The highest BCUT2D eigenvalue weighted by Gasteiger charge is 2.33. The van der Waals surface area contributed by atoms with Crippen molar-refractivity contribution in [2.75, 3.05) is 11.6 Å². The van der Waals surface area contributed by atoms with Gasteiger partial charge in [-0.25, -0.2) is 9.80 Å². The molecule has 0 bridgehead atoms. The summed E-state index contributed by atoms with van der Waals surface area (Å²) >= 11 is 0. The number of rotatable bonds is 7. The predicted octanol–water partition coefficient (Wildman–Crippen LogP) is 2.93. The second-order valence-corrected chi connectivity index (χ2v) is 8.82. The van der Waals surface area contributed by atoms with Crippen LogP contribution >= 0.6 is 0 Å². The maximum absolute atomic E-state index is 13.3. The van der Waals surface area contributed by atoms with Gasteiger partial charge in [0.1, 0.15) is 6.04 Å². The summed E-state index contributed by atoms with van der Waals surface area (Å²) in [5.41, 5.74) is 5.92. The van der Waals surface area contributed by atoms with Crippen LogP contribution in [-0.4, -0.2) is 41.6 Å². The quantitative estimate of drug-likeness (QED) is 0.518. The number of carbonyl (C=O) groups is 3. The number of amides is 4. The highest BCUT2D eigenvalue weighted by atomic mass is 16.3. The number of hydrogen-bond donors (Lipinski definition) is 4. The van der Waals surface area contributed by atoms with Crippen LogP contribution in [0.1, 0.15) is 45.6 Å². The van der Waals surface area contributed by atoms with E-state index in [1.165, 1.54) is 11.9 Å². The van der Waals surface area contributed by atoms with Gasteiger partial charge in [-0.15, -0.1) is 0 Å². The van der Waals surface area contributed by atoms with Gasteiger partial charge in [0.15, 0.2) is 0 Å². The average Bonchev–Trinajstić information content (AvgIpc) is 2.88. The number of hydrazine groups is 1. The summed E-state index contributed by atoms with van der Waals surface area (Å²) in [5, 5.41) is 16.0. The lowest BCUT2D eigenvalue weighted by Gasteiger charge is -2.27. The number of nitrogens with one attached hydrogen (secondary N) is 3. The second kappa shape index (κ2) is 10.5. The molecule has 4 amide bonds. The Labute approximate surface area is 194 Å². The number of anilines is 1. The first-order valence-corrected chi connectivity index (χ1v) is 11.2. The van der Waals surface area contributed by atoms with E-state index in [4.69, 9.17) is 0 Å². The van der Waals surface area contributed by atoms with E-state index < -0.39 is 29.9 Å². The van der Waals surface area contributed by atoms with Crippen molar-refractivity contribution in [3.05, 3.63) is 54.1 Å². The van der Waals surface area contributed by atoms with E-state index in [0.717, 1.165) is 16.7 Å². The Balaban J connectivity index is 1.76. The zero-order valence-electron chi connectivity index (χ0n) is 19.5. The van der Waals surface area contributed by atoms with Crippen molar-refractivity contribution in [1.29, 1.82) is 0 Å². The lowest BCUT2D eigenvalue weighted by atomic mass is 9.92. The van der Waals surface area contributed by atoms with Gasteiger partial charge in [0.2, 0.25) is 0 Å². The van der Waals surface area contributed by atoms with Gasteiger partial charge >= 0.3 is 6.03 Å². The van der Waals surface area contributed by atoms with E-state index in [1.54, 1.807) is 6.07 Å². The van der Waals surface area contributed by atoms with E-state index in [2.05, 4.69) is 16.1 Å². The number of fused-ring (bicyclic) bond motifs is 3. The van der Waals surface area contributed by atoms with E-state index in [9.17, 15) is 19.5 Å². The molecule has 176 valence electrons. The fourth-order valence-electron chi connectivity index (χ4n) is 4.02. The zero-order chi connectivity index (χ0) is 24.1. The molecule has 1 unspecified atom stereocenters. The normalized spacial score (nSPS) is 16.8. The van der Waals surface area contributed by atoms with Gasteiger partial charge in [0.25, 0.3) is 11.8 Å². The van der Waals surface area contributed by atoms with E-state index in [-0.39, 0.29) is 12.5 Å². The third-order valence-corrected chi connectivity index (χ3v) is 5.73. The average molecular weight is 453 g/mol. The molecule has 0 fully saturated rings. The van der Waals surface area contributed by atoms with Gasteiger partial charge in [-0.3, -0.25) is 15.0 Å². The minimum atomic E-state index is -0.913. The second-order valence-electron chi connectivity index (χ2n) is 8.82. The number of urea groups is 1. The largest absolute Gasteiger partial charge is 0.394 e. The Morgan fingerprint density at radius 2 is 1.64 bits per heavy atom. The monoisotopic (exact) mass is 452 g/mol. The van der Waals surface area contributed by atoms with Crippen molar-refractivity contribution in [2.24, 2.45) is 5.92 Å². The van der Waals surface area contributed by atoms with Crippen molar-refractivity contribution in [3.8, 4) is 11.1 Å². The summed E-state index contributed by atoms with van der Waals surface area (Å²) < 4.78 is 0. The minimum absolute atomic E-state index is 0.191. The van der Waals surface area contributed by atoms with Crippen LogP contribution < -0.4 is 21.1 Å². The highest BCUT2D eigenvalue weighted by molar-refractivity contribution is 6.06. The van der Waals surface area contributed by atoms with Gasteiger partial charge in [0, 0.05) is 5.56 Å². The van der Waals surface area contributed by atoms with Crippen LogP contribution in [0.2, 0.25) is 0 Å². The molecule has 8 heteroatoms. The van der Waals surface area contributed by atoms with Crippen molar-refractivity contribution < 1.29 is 19.5 Å². The van der Waals surface area contributed by atoms with Gasteiger partial charge in [-0.2, -0.15) is 0 Å². The Morgan fingerprint density at radius 3 is 2.30 bits per heavy atom. The summed E-state index contributed by atoms with van der Waals surface area (Å²) in [5.74, 6) is -0.976. The molecule has 0 radical (unpaired) electrons. The Morgan fingerprint density at radius 1 is 1.00 bits per heavy atom. The van der Waals surface area contributed by atoms with E-state index >= 15 is 0 Å². The van der Waals surface area contributed by atoms with Crippen LogP contribution in [0, 0.1) is 5.92 Å². The molecule has 0 aliphatic carbocycles. The smallest absolute Gasteiger partial charge is 0.315 e. The summed E-state index contributed by atoms with van der Waals surface area (Å²) in [6.45, 7) is 7.15. The van der Waals surface area contributed by atoms with Crippen LogP contribution in [0.5, 0.6) is 0 Å². The van der Waals surface area contributed by atoms with E-state index in [0.29, 0.717) is 18.0 Å².